The molecule has 0 atom stereocenters. The molecule has 5 N–H and O–H groups in total. The predicted molar refractivity (Wildman–Crippen MR) is 104 cm³/mol. The van der Waals surface area contributed by atoms with E-state index in [2.05, 4.69) is 60.6 Å². The van der Waals surface area contributed by atoms with Crippen molar-refractivity contribution in [1.29, 1.82) is 10.8 Å². The largest absolute Gasteiger partial charge is 0.356 e. The van der Waals surface area contributed by atoms with E-state index in [1.165, 1.54) is 6.42 Å². The van der Waals surface area contributed by atoms with Gasteiger partial charge < -0.3 is 20.4 Å². The van der Waals surface area contributed by atoms with E-state index in [4.69, 9.17) is 10.8 Å². The lowest BCUT2D eigenvalue weighted by Gasteiger charge is -2.21. The van der Waals surface area contributed by atoms with Crippen molar-refractivity contribution in [3.05, 3.63) is 0 Å². The molecule has 7 heteroatoms. The molecule has 0 aliphatic heterocycles. The molecule has 0 radical (unpaired) electrons. The lowest BCUT2D eigenvalue weighted by atomic mass is 10.2. The summed E-state index contributed by atoms with van der Waals surface area (Å²) in [6, 6.07) is 0. The number of rotatable bonds is 12. The molecule has 0 saturated carbocycles. The van der Waals surface area contributed by atoms with E-state index in [0.29, 0.717) is 5.92 Å². The monoisotopic (exact) mass is 341 g/mol. The molecule has 0 aliphatic carbocycles. The summed E-state index contributed by atoms with van der Waals surface area (Å²) in [6.45, 7) is 12.3. The quantitative estimate of drug-likeness (QED) is 0.210. The van der Waals surface area contributed by atoms with Gasteiger partial charge in [0.1, 0.15) is 0 Å². The molecule has 0 aromatic heterocycles. The molecule has 0 aromatic rings. The molecular formula is C17H39N7. The van der Waals surface area contributed by atoms with Crippen molar-refractivity contribution in [3.8, 4) is 0 Å². The van der Waals surface area contributed by atoms with E-state index in [1.54, 1.807) is 0 Å². The number of unbranched alkanes of at least 4 members (excludes halogenated alkanes) is 1. The summed E-state index contributed by atoms with van der Waals surface area (Å²) < 4.78 is 0. The van der Waals surface area contributed by atoms with Gasteiger partial charge in [-0.3, -0.25) is 16.1 Å². The smallest absolute Gasteiger partial charge is 0.195 e. The molecule has 0 fully saturated rings. The highest BCUT2D eigenvalue weighted by atomic mass is 15.2. The van der Waals surface area contributed by atoms with Gasteiger partial charge in [-0.25, -0.2) is 0 Å². The molecule has 0 unspecified atom stereocenters. The van der Waals surface area contributed by atoms with Crippen LogP contribution in [-0.2, 0) is 0 Å². The van der Waals surface area contributed by atoms with Gasteiger partial charge in [0.15, 0.2) is 11.9 Å². The number of nitrogens with zero attached hydrogens (tertiary/aromatic N) is 2. The molecule has 142 valence electrons. The number of nitrogens with one attached hydrogen (secondary N) is 5. The van der Waals surface area contributed by atoms with Gasteiger partial charge in [-0.05, 0) is 52.4 Å². The van der Waals surface area contributed by atoms with Gasteiger partial charge >= 0.3 is 0 Å². The standard InChI is InChI=1S/C17H39N7/c1-6-10-23(4)12-13-24(5)11-8-7-9-20-16(18)22-17(19)21-14-15(2)3/h15H,6-14H2,1-5H3,(H5,18,19,20,21,22). The van der Waals surface area contributed by atoms with E-state index in [9.17, 15) is 0 Å². The zero-order chi connectivity index (χ0) is 18.4. The van der Waals surface area contributed by atoms with Crippen LogP contribution in [0.1, 0.15) is 40.0 Å². The summed E-state index contributed by atoms with van der Waals surface area (Å²) in [5, 5.41) is 24.1. The molecule has 0 aliphatic rings. The Kier molecular flexibility index (Phi) is 13.3. The summed E-state index contributed by atoms with van der Waals surface area (Å²) in [4.78, 5) is 4.73. The number of likely N-dealkylation sites (N-methyl/N-ethyl adjacent to an activating group) is 2. The fourth-order valence-corrected chi connectivity index (χ4v) is 2.19. The van der Waals surface area contributed by atoms with Crippen LogP contribution in [0.4, 0.5) is 0 Å². The second-order valence-electron chi connectivity index (χ2n) is 6.89. The van der Waals surface area contributed by atoms with E-state index in [0.717, 1.165) is 52.1 Å². The third kappa shape index (κ3) is 14.3. The van der Waals surface area contributed by atoms with Crippen LogP contribution >= 0.6 is 0 Å². The second-order valence-corrected chi connectivity index (χ2v) is 6.89. The summed E-state index contributed by atoms with van der Waals surface area (Å²) in [7, 11) is 4.34. The van der Waals surface area contributed by atoms with Gasteiger partial charge in [0.05, 0.1) is 0 Å². The first-order valence-electron chi connectivity index (χ1n) is 9.14. The zero-order valence-corrected chi connectivity index (χ0v) is 16.3. The summed E-state index contributed by atoms with van der Waals surface area (Å²) in [5.41, 5.74) is 0. The van der Waals surface area contributed by atoms with Crippen LogP contribution in [-0.4, -0.2) is 75.1 Å². The molecule has 0 saturated heterocycles. The van der Waals surface area contributed by atoms with E-state index in [1.807, 2.05) is 0 Å². The number of hydrogen-bond donors (Lipinski definition) is 5. The van der Waals surface area contributed by atoms with Crippen molar-refractivity contribution >= 4 is 11.9 Å². The first-order chi connectivity index (χ1) is 11.3. The molecule has 7 nitrogen and oxygen atoms in total. The van der Waals surface area contributed by atoms with Crippen molar-refractivity contribution in [2.24, 2.45) is 5.92 Å². The third-order valence-electron chi connectivity index (χ3n) is 3.67. The summed E-state index contributed by atoms with van der Waals surface area (Å²) in [5.74, 6) is 0.843. The first-order valence-corrected chi connectivity index (χ1v) is 9.14. The summed E-state index contributed by atoms with van der Waals surface area (Å²) >= 11 is 0. The van der Waals surface area contributed by atoms with E-state index in [-0.39, 0.29) is 11.9 Å². The van der Waals surface area contributed by atoms with Crippen LogP contribution in [0.3, 0.4) is 0 Å². The molecule has 0 heterocycles. The Hall–Kier alpha value is -1.34. The van der Waals surface area contributed by atoms with Crippen LogP contribution in [0.15, 0.2) is 0 Å². The lowest BCUT2D eigenvalue weighted by Crippen LogP contribution is -2.46. The molecule has 0 spiro atoms. The maximum absolute atomic E-state index is 7.76. The van der Waals surface area contributed by atoms with Crippen LogP contribution in [0.5, 0.6) is 0 Å². The Morgan fingerprint density at radius 3 is 2.04 bits per heavy atom. The minimum Gasteiger partial charge on any atom is -0.356 e. The molecule has 0 bridgehead atoms. The van der Waals surface area contributed by atoms with Crippen molar-refractivity contribution in [2.75, 3.05) is 53.4 Å². The highest BCUT2D eigenvalue weighted by Gasteiger charge is 2.03. The van der Waals surface area contributed by atoms with E-state index >= 15 is 0 Å². The Morgan fingerprint density at radius 1 is 0.875 bits per heavy atom. The Bertz CT molecular complexity index is 344. The van der Waals surface area contributed by atoms with Crippen molar-refractivity contribution in [2.45, 2.75) is 40.0 Å². The summed E-state index contributed by atoms with van der Waals surface area (Å²) in [6.07, 6.45) is 3.33. The van der Waals surface area contributed by atoms with Gasteiger partial charge in [0.25, 0.3) is 0 Å². The fourth-order valence-electron chi connectivity index (χ4n) is 2.19. The van der Waals surface area contributed by atoms with Crippen LogP contribution in [0.2, 0.25) is 0 Å². The maximum Gasteiger partial charge on any atom is 0.195 e. The number of guanidine groups is 2. The fraction of sp³-hybridized carbons (Fsp3) is 0.882. The van der Waals surface area contributed by atoms with Gasteiger partial charge in [-0.1, -0.05) is 20.8 Å². The highest BCUT2D eigenvalue weighted by Crippen LogP contribution is 1.94. The Morgan fingerprint density at radius 2 is 1.46 bits per heavy atom. The topological polar surface area (TPSA) is 90.3 Å². The van der Waals surface area contributed by atoms with Crippen LogP contribution in [0.25, 0.3) is 0 Å². The van der Waals surface area contributed by atoms with Crippen LogP contribution in [0, 0.1) is 16.7 Å². The van der Waals surface area contributed by atoms with Gasteiger partial charge in [0.2, 0.25) is 0 Å². The maximum atomic E-state index is 7.76. The molecule has 0 rings (SSSR count). The number of hydrogen-bond acceptors (Lipinski definition) is 4. The highest BCUT2D eigenvalue weighted by molar-refractivity contribution is 5.95. The third-order valence-corrected chi connectivity index (χ3v) is 3.67. The van der Waals surface area contributed by atoms with E-state index < -0.39 is 0 Å². The molecule has 0 amide bonds. The predicted octanol–water partition coefficient (Wildman–Crippen LogP) is 1.33. The van der Waals surface area contributed by atoms with Crippen molar-refractivity contribution in [3.63, 3.8) is 0 Å². The second kappa shape index (κ2) is 14.0. The first kappa shape index (κ1) is 22.7. The minimum atomic E-state index is 0.178. The normalized spacial score (nSPS) is 11.2. The van der Waals surface area contributed by atoms with Gasteiger partial charge in [0, 0.05) is 26.2 Å². The van der Waals surface area contributed by atoms with Gasteiger partial charge in [-0.15, -0.1) is 0 Å². The Labute approximate surface area is 148 Å². The zero-order valence-electron chi connectivity index (χ0n) is 16.3. The molecular weight excluding hydrogens is 302 g/mol. The average Bonchev–Trinajstić information content (AvgIpc) is 2.51. The lowest BCUT2D eigenvalue weighted by molar-refractivity contribution is 0.254. The molecule has 24 heavy (non-hydrogen) atoms. The minimum absolute atomic E-state index is 0.178. The van der Waals surface area contributed by atoms with Gasteiger partial charge in [-0.2, -0.15) is 0 Å². The van der Waals surface area contributed by atoms with Crippen molar-refractivity contribution in [1.82, 2.24) is 25.8 Å². The average molecular weight is 342 g/mol. The van der Waals surface area contributed by atoms with Crippen LogP contribution < -0.4 is 16.0 Å². The molecule has 0 aromatic carbocycles. The van der Waals surface area contributed by atoms with Crippen molar-refractivity contribution < 1.29 is 0 Å². The Balaban J connectivity index is 3.57. The SMILES string of the molecule is CCCN(C)CCN(C)CCCCNC(=N)NC(=N)NCC(C)C.